The number of rotatable bonds is 2. The lowest BCUT2D eigenvalue weighted by Crippen LogP contribution is -1.93. The maximum absolute atomic E-state index is 12.2. The molecule has 2 aromatic rings. The monoisotopic (exact) mass is 248 g/mol. The normalized spacial score (nSPS) is 12.3. The van der Waals surface area contributed by atoms with Crippen LogP contribution in [0.3, 0.4) is 0 Å². The summed E-state index contributed by atoms with van der Waals surface area (Å²) in [7, 11) is -1.44. The Bertz CT molecular complexity index is 561. The van der Waals surface area contributed by atoms with Crippen LogP contribution in [0.1, 0.15) is 5.56 Å². The minimum Gasteiger partial charge on any atom is -0.508 e. The van der Waals surface area contributed by atoms with Gasteiger partial charge in [0.05, 0.1) is 15.7 Å². The highest BCUT2D eigenvalue weighted by atomic mass is 32.2. The molecular weight excluding hydrogens is 236 g/mol. The van der Waals surface area contributed by atoms with Gasteiger partial charge in [0.1, 0.15) is 11.5 Å². The van der Waals surface area contributed by atoms with Gasteiger partial charge in [0.25, 0.3) is 0 Å². The highest BCUT2D eigenvalue weighted by molar-refractivity contribution is 7.85. The van der Waals surface area contributed by atoms with Crippen LogP contribution in [-0.4, -0.2) is 14.4 Å². The van der Waals surface area contributed by atoms with Gasteiger partial charge in [-0.05, 0) is 31.2 Å². The van der Waals surface area contributed by atoms with Crippen molar-refractivity contribution in [1.82, 2.24) is 0 Å². The highest BCUT2D eigenvalue weighted by Crippen LogP contribution is 2.28. The summed E-state index contributed by atoms with van der Waals surface area (Å²) in [5, 5.41) is 18.8. The van der Waals surface area contributed by atoms with Crippen LogP contribution in [-0.2, 0) is 10.8 Å². The van der Waals surface area contributed by atoms with Crippen molar-refractivity contribution in [1.29, 1.82) is 0 Å². The van der Waals surface area contributed by atoms with Gasteiger partial charge < -0.3 is 10.2 Å². The lowest BCUT2D eigenvalue weighted by Gasteiger charge is -2.05. The average molecular weight is 248 g/mol. The van der Waals surface area contributed by atoms with Crippen LogP contribution >= 0.6 is 0 Å². The first-order valence-corrected chi connectivity index (χ1v) is 6.23. The Morgan fingerprint density at radius 1 is 1.00 bits per heavy atom. The van der Waals surface area contributed by atoms with E-state index in [0.29, 0.717) is 9.79 Å². The SMILES string of the molecule is Cc1ccc(S(=O)c2ccc(O)cc2O)cc1. The molecule has 1 atom stereocenters. The maximum atomic E-state index is 12.2. The predicted molar refractivity (Wildman–Crippen MR) is 65.6 cm³/mol. The molecule has 88 valence electrons. The molecule has 17 heavy (non-hydrogen) atoms. The van der Waals surface area contributed by atoms with Crippen molar-refractivity contribution in [2.75, 3.05) is 0 Å². The zero-order chi connectivity index (χ0) is 12.4. The third-order valence-electron chi connectivity index (χ3n) is 2.38. The standard InChI is InChI=1S/C13H12O3S/c1-9-2-5-11(6-3-9)17(16)13-7-4-10(14)8-12(13)15/h2-8,14-15H,1H3. The van der Waals surface area contributed by atoms with E-state index < -0.39 is 10.8 Å². The van der Waals surface area contributed by atoms with Crippen LogP contribution in [0, 0.1) is 6.92 Å². The Kier molecular flexibility index (Phi) is 3.15. The maximum Gasteiger partial charge on any atom is 0.135 e. The van der Waals surface area contributed by atoms with Crippen molar-refractivity contribution < 1.29 is 14.4 Å². The molecule has 2 N–H and O–H groups in total. The van der Waals surface area contributed by atoms with Gasteiger partial charge in [0.2, 0.25) is 0 Å². The van der Waals surface area contributed by atoms with Gasteiger partial charge in [-0.3, -0.25) is 0 Å². The molecule has 0 aliphatic rings. The fraction of sp³-hybridized carbons (Fsp3) is 0.0769. The average Bonchev–Trinajstić information content (AvgIpc) is 2.29. The van der Waals surface area contributed by atoms with Gasteiger partial charge in [-0.25, -0.2) is 4.21 Å². The number of phenolic OH excluding ortho intramolecular Hbond substituents is 2. The summed E-state index contributed by atoms with van der Waals surface area (Å²) in [6.45, 7) is 1.95. The molecule has 2 aromatic carbocycles. The van der Waals surface area contributed by atoms with E-state index in [2.05, 4.69) is 0 Å². The highest BCUT2D eigenvalue weighted by Gasteiger charge is 2.12. The summed E-state index contributed by atoms with van der Waals surface area (Å²) in [5.74, 6) is -0.212. The minimum absolute atomic E-state index is 0.0489. The topological polar surface area (TPSA) is 57.5 Å². The summed E-state index contributed by atoms with van der Waals surface area (Å²) in [6.07, 6.45) is 0. The van der Waals surface area contributed by atoms with Gasteiger partial charge in [0.15, 0.2) is 0 Å². The Hall–Kier alpha value is -1.81. The molecular formula is C13H12O3S. The molecule has 0 heterocycles. The molecule has 1 unspecified atom stereocenters. The Labute approximate surface area is 102 Å². The molecule has 0 amide bonds. The Balaban J connectivity index is 2.40. The molecule has 3 nitrogen and oxygen atoms in total. The van der Waals surface area contributed by atoms with E-state index in [4.69, 9.17) is 5.11 Å². The van der Waals surface area contributed by atoms with Crippen molar-refractivity contribution in [3.8, 4) is 11.5 Å². The van der Waals surface area contributed by atoms with E-state index >= 15 is 0 Å². The summed E-state index contributed by atoms with van der Waals surface area (Å²) in [6, 6.07) is 11.3. The number of hydrogen-bond acceptors (Lipinski definition) is 3. The lowest BCUT2D eigenvalue weighted by atomic mass is 10.2. The second-order valence-corrected chi connectivity index (χ2v) is 5.18. The molecule has 2 rings (SSSR count). The van der Waals surface area contributed by atoms with Gasteiger partial charge >= 0.3 is 0 Å². The first-order valence-electron chi connectivity index (χ1n) is 5.08. The van der Waals surface area contributed by atoms with Gasteiger partial charge in [0, 0.05) is 11.0 Å². The summed E-state index contributed by atoms with van der Waals surface area (Å²) in [5.41, 5.74) is 1.08. The molecule has 4 heteroatoms. The summed E-state index contributed by atoms with van der Waals surface area (Å²) < 4.78 is 12.2. The van der Waals surface area contributed by atoms with E-state index in [1.54, 1.807) is 12.1 Å². The second-order valence-electron chi connectivity index (χ2n) is 3.73. The number of benzene rings is 2. The summed E-state index contributed by atoms with van der Waals surface area (Å²) in [4.78, 5) is 0.920. The van der Waals surface area contributed by atoms with E-state index in [1.807, 2.05) is 19.1 Å². The van der Waals surface area contributed by atoms with Crippen molar-refractivity contribution in [2.24, 2.45) is 0 Å². The van der Waals surface area contributed by atoms with Crippen LogP contribution in [0.2, 0.25) is 0 Å². The van der Waals surface area contributed by atoms with Gasteiger partial charge in [-0.1, -0.05) is 17.7 Å². The van der Waals surface area contributed by atoms with Gasteiger partial charge in [-0.15, -0.1) is 0 Å². The molecule has 0 radical (unpaired) electrons. The second kappa shape index (κ2) is 4.59. The summed E-state index contributed by atoms with van der Waals surface area (Å²) >= 11 is 0. The minimum atomic E-state index is -1.44. The zero-order valence-electron chi connectivity index (χ0n) is 9.25. The fourth-order valence-corrected chi connectivity index (χ4v) is 2.53. The van der Waals surface area contributed by atoms with E-state index in [0.717, 1.165) is 5.56 Å². The largest absolute Gasteiger partial charge is 0.508 e. The van der Waals surface area contributed by atoms with Crippen LogP contribution in [0.5, 0.6) is 11.5 Å². The van der Waals surface area contributed by atoms with Crippen molar-refractivity contribution in [3.63, 3.8) is 0 Å². The smallest absolute Gasteiger partial charge is 0.135 e. The van der Waals surface area contributed by atoms with Gasteiger partial charge in [-0.2, -0.15) is 0 Å². The van der Waals surface area contributed by atoms with E-state index in [1.165, 1.54) is 18.2 Å². The zero-order valence-corrected chi connectivity index (χ0v) is 10.1. The predicted octanol–water partition coefficient (Wildman–Crippen LogP) is 2.57. The third-order valence-corrected chi connectivity index (χ3v) is 3.82. The quantitative estimate of drug-likeness (QED) is 0.858. The van der Waals surface area contributed by atoms with Crippen LogP contribution in [0.15, 0.2) is 52.3 Å². The van der Waals surface area contributed by atoms with Crippen molar-refractivity contribution in [2.45, 2.75) is 16.7 Å². The number of hydrogen-bond donors (Lipinski definition) is 2. The van der Waals surface area contributed by atoms with Crippen molar-refractivity contribution in [3.05, 3.63) is 48.0 Å². The van der Waals surface area contributed by atoms with E-state index in [-0.39, 0.29) is 11.5 Å². The number of phenols is 2. The first kappa shape index (κ1) is 11.7. The third kappa shape index (κ3) is 2.47. The molecule has 0 saturated carbocycles. The van der Waals surface area contributed by atoms with Crippen LogP contribution < -0.4 is 0 Å². The Morgan fingerprint density at radius 3 is 2.24 bits per heavy atom. The Morgan fingerprint density at radius 2 is 1.65 bits per heavy atom. The molecule has 0 aromatic heterocycles. The number of aryl methyl sites for hydroxylation is 1. The fourth-order valence-electron chi connectivity index (χ4n) is 1.45. The molecule has 0 saturated heterocycles. The molecule has 0 aliphatic heterocycles. The van der Waals surface area contributed by atoms with E-state index in [9.17, 15) is 9.32 Å². The molecule has 0 bridgehead atoms. The van der Waals surface area contributed by atoms with Crippen molar-refractivity contribution >= 4 is 10.8 Å². The van der Waals surface area contributed by atoms with Crippen LogP contribution in [0.4, 0.5) is 0 Å². The number of aromatic hydroxyl groups is 2. The van der Waals surface area contributed by atoms with Crippen LogP contribution in [0.25, 0.3) is 0 Å². The lowest BCUT2D eigenvalue weighted by molar-refractivity contribution is 0.441. The molecule has 0 aliphatic carbocycles. The first-order chi connectivity index (χ1) is 8.08. The molecule has 0 spiro atoms. The molecule has 0 fully saturated rings.